The molecule has 4 aromatic rings. The molecule has 0 radical (unpaired) electrons. The zero-order chi connectivity index (χ0) is 22.9. The van der Waals surface area contributed by atoms with Crippen molar-refractivity contribution in [2.75, 3.05) is 12.1 Å². The van der Waals surface area contributed by atoms with E-state index in [1.165, 1.54) is 7.11 Å². The summed E-state index contributed by atoms with van der Waals surface area (Å²) in [4.78, 5) is 11.8. The van der Waals surface area contributed by atoms with Crippen LogP contribution in [0, 0.1) is 6.92 Å². The van der Waals surface area contributed by atoms with Crippen LogP contribution in [0.3, 0.4) is 0 Å². The number of hydrogen-bond donors (Lipinski definition) is 0. The minimum Gasteiger partial charge on any atom is -0.465 e. The second-order valence-corrected chi connectivity index (χ2v) is 8.04. The summed E-state index contributed by atoms with van der Waals surface area (Å²) in [7, 11) is 1.37. The van der Waals surface area contributed by atoms with Crippen molar-refractivity contribution in [2.24, 2.45) is 5.10 Å². The molecule has 0 atom stereocenters. The average molecular weight is 458 g/mol. The Morgan fingerprint density at radius 3 is 2.42 bits per heavy atom. The fourth-order valence-corrected chi connectivity index (χ4v) is 3.98. The Morgan fingerprint density at radius 2 is 1.70 bits per heavy atom. The highest BCUT2D eigenvalue weighted by Gasteiger charge is 2.26. The maximum Gasteiger partial charge on any atom is 0.337 e. The van der Waals surface area contributed by atoms with Crippen molar-refractivity contribution in [3.63, 3.8) is 0 Å². The molecule has 0 saturated carbocycles. The molecule has 33 heavy (non-hydrogen) atoms. The monoisotopic (exact) mass is 457 g/mol. The third-order valence-electron chi connectivity index (χ3n) is 5.48. The molecule has 0 spiro atoms. The van der Waals surface area contributed by atoms with Gasteiger partial charge in [-0.1, -0.05) is 54.1 Å². The number of esters is 1. The lowest BCUT2D eigenvalue weighted by molar-refractivity contribution is 0.0600. The van der Waals surface area contributed by atoms with Gasteiger partial charge in [-0.3, -0.25) is 4.57 Å². The number of hydrazone groups is 1. The quantitative estimate of drug-likeness (QED) is 0.412. The van der Waals surface area contributed by atoms with Gasteiger partial charge >= 0.3 is 5.97 Å². The maximum atomic E-state index is 11.8. The SMILES string of the molecule is COC(=O)c1ccc(CN2N=C(c3ccc(Cl)cc3)c3ccccc3-n3c(C)nnc32)cc1. The van der Waals surface area contributed by atoms with Crippen LogP contribution >= 0.6 is 11.6 Å². The van der Waals surface area contributed by atoms with Gasteiger partial charge in [-0.05, 0) is 42.8 Å². The van der Waals surface area contributed by atoms with Crippen molar-refractivity contribution < 1.29 is 9.53 Å². The lowest BCUT2D eigenvalue weighted by Gasteiger charge is -2.18. The number of anilines is 1. The van der Waals surface area contributed by atoms with E-state index in [1.54, 1.807) is 12.1 Å². The van der Waals surface area contributed by atoms with Crippen LogP contribution in [-0.2, 0) is 11.3 Å². The summed E-state index contributed by atoms with van der Waals surface area (Å²) in [6, 6.07) is 22.9. The van der Waals surface area contributed by atoms with Crippen LogP contribution in [0.25, 0.3) is 5.69 Å². The van der Waals surface area contributed by atoms with E-state index in [-0.39, 0.29) is 5.97 Å². The number of carbonyl (C=O) groups excluding carboxylic acids is 1. The molecule has 1 aromatic heterocycles. The number of aryl methyl sites for hydroxylation is 1. The average Bonchev–Trinajstić information content (AvgIpc) is 3.17. The molecule has 3 aromatic carbocycles. The van der Waals surface area contributed by atoms with Crippen LogP contribution in [0.15, 0.2) is 77.9 Å². The molecule has 0 bridgehead atoms. The lowest BCUT2D eigenvalue weighted by Crippen LogP contribution is -2.20. The molecule has 8 heteroatoms. The first-order chi connectivity index (χ1) is 16.0. The van der Waals surface area contributed by atoms with Crippen molar-refractivity contribution in [2.45, 2.75) is 13.5 Å². The Kier molecular flexibility index (Phi) is 5.40. The zero-order valence-electron chi connectivity index (χ0n) is 18.1. The zero-order valence-corrected chi connectivity index (χ0v) is 18.8. The highest BCUT2D eigenvalue weighted by molar-refractivity contribution is 6.30. The van der Waals surface area contributed by atoms with E-state index >= 15 is 0 Å². The Labute approximate surface area is 195 Å². The van der Waals surface area contributed by atoms with E-state index in [0.717, 1.165) is 33.9 Å². The fourth-order valence-electron chi connectivity index (χ4n) is 3.85. The van der Waals surface area contributed by atoms with Crippen molar-refractivity contribution in [3.05, 3.63) is 106 Å². The molecule has 5 rings (SSSR count). The Morgan fingerprint density at radius 1 is 0.970 bits per heavy atom. The van der Waals surface area contributed by atoms with Gasteiger partial charge in [0.25, 0.3) is 5.95 Å². The second kappa shape index (κ2) is 8.52. The fraction of sp³-hybridized carbons (Fsp3) is 0.120. The van der Waals surface area contributed by atoms with Crippen molar-refractivity contribution >= 4 is 29.2 Å². The Balaban J connectivity index is 1.64. The highest BCUT2D eigenvalue weighted by Crippen LogP contribution is 2.30. The third kappa shape index (κ3) is 3.87. The van der Waals surface area contributed by atoms with E-state index in [9.17, 15) is 4.79 Å². The number of rotatable bonds is 4. The second-order valence-electron chi connectivity index (χ2n) is 7.60. The molecular weight excluding hydrogens is 438 g/mol. The minimum absolute atomic E-state index is 0.370. The predicted octanol–water partition coefficient (Wildman–Crippen LogP) is 4.79. The number of carbonyl (C=O) groups is 1. The van der Waals surface area contributed by atoms with Crippen molar-refractivity contribution in [1.82, 2.24) is 14.8 Å². The van der Waals surface area contributed by atoms with Gasteiger partial charge in [-0.15, -0.1) is 10.2 Å². The molecule has 0 saturated heterocycles. The van der Waals surface area contributed by atoms with Gasteiger partial charge in [0.1, 0.15) is 11.5 Å². The summed E-state index contributed by atoms with van der Waals surface area (Å²) in [6.07, 6.45) is 0. The summed E-state index contributed by atoms with van der Waals surface area (Å²) < 4.78 is 6.80. The Bertz CT molecular complexity index is 1360. The molecule has 0 aliphatic carbocycles. The van der Waals surface area contributed by atoms with Gasteiger partial charge in [-0.2, -0.15) is 5.10 Å². The number of para-hydroxylation sites is 1. The molecule has 0 N–H and O–H groups in total. The minimum atomic E-state index is -0.370. The highest BCUT2D eigenvalue weighted by atomic mass is 35.5. The predicted molar refractivity (Wildman–Crippen MR) is 127 cm³/mol. The molecule has 1 aliphatic rings. The number of halogens is 1. The number of nitrogens with zero attached hydrogens (tertiary/aromatic N) is 5. The smallest absolute Gasteiger partial charge is 0.337 e. The summed E-state index contributed by atoms with van der Waals surface area (Å²) >= 11 is 6.14. The summed E-state index contributed by atoms with van der Waals surface area (Å²) in [5.74, 6) is 1.00. The molecule has 1 aliphatic heterocycles. The number of fused-ring (bicyclic) bond motifs is 3. The summed E-state index contributed by atoms with van der Waals surface area (Å²) in [6.45, 7) is 2.36. The van der Waals surface area contributed by atoms with Crippen LogP contribution in [0.1, 0.15) is 32.9 Å². The van der Waals surface area contributed by atoms with E-state index in [1.807, 2.05) is 77.2 Å². The normalized spacial score (nSPS) is 12.5. The van der Waals surface area contributed by atoms with Gasteiger partial charge in [-0.25, -0.2) is 9.80 Å². The summed E-state index contributed by atoms with van der Waals surface area (Å²) in [5.41, 5.74) is 5.11. The molecule has 7 nitrogen and oxygen atoms in total. The van der Waals surface area contributed by atoms with Gasteiger partial charge in [0.2, 0.25) is 0 Å². The van der Waals surface area contributed by atoms with Crippen LogP contribution in [0.4, 0.5) is 5.95 Å². The van der Waals surface area contributed by atoms with Crippen LogP contribution in [0.5, 0.6) is 0 Å². The Hall–Kier alpha value is -3.97. The molecule has 0 fully saturated rings. The molecule has 0 unspecified atom stereocenters. The summed E-state index contributed by atoms with van der Waals surface area (Å²) in [5, 5.41) is 16.3. The van der Waals surface area contributed by atoms with Gasteiger partial charge in [0.15, 0.2) is 0 Å². The molecule has 2 heterocycles. The first kappa shape index (κ1) is 20.9. The van der Waals surface area contributed by atoms with Crippen molar-refractivity contribution in [1.29, 1.82) is 0 Å². The topological polar surface area (TPSA) is 72.6 Å². The third-order valence-corrected chi connectivity index (χ3v) is 5.74. The molecule has 164 valence electrons. The van der Waals surface area contributed by atoms with E-state index < -0.39 is 0 Å². The van der Waals surface area contributed by atoms with Gasteiger partial charge < -0.3 is 4.74 Å². The van der Waals surface area contributed by atoms with E-state index in [4.69, 9.17) is 21.4 Å². The van der Waals surface area contributed by atoms with Gasteiger partial charge in [0.05, 0.1) is 24.9 Å². The van der Waals surface area contributed by atoms with Crippen LogP contribution in [0.2, 0.25) is 5.02 Å². The number of aromatic nitrogens is 3. The lowest BCUT2D eigenvalue weighted by atomic mass is 10.0. The van der Waals surface area contributed by atoms with Crippen LogP contribution < -0.4 is 5.01 Å². The maximum absolute atomic E-state index is 11.8. The van der Waals surface area contributed by atoms with Crippen molar-refractivity contribution in [3.8, 4) is 5.69 Å². The van der Waals surface area contributed by atoms with E-state index in [0.29, 0.717) is 23.1 Å². The first-order valence-corrected chi connectivity index (χ1v) is 10.7. The standard InChI is InChI=1S/C25H20ClN5O2/c1-16-27-28-25-30(15-17-7-9-19(10-8-17)24(32)33-2)29-23(18-11-13-20(26)14-12-18)21-5-3-4-6-22(21)31(16)25/h3-14H,15H2,1-2H3. The van der Waals surface area contributed by atoms with E-state index in [2.05, 4.69) is 10.2 Å². The number of hydrogen-bond acceptors (Lipinski definition) is 6. The van der Waals surface area contributed by atoms with Crippen LogP contribution in [-0.4, -0.2) is 33.6 Å². The number of benzene rings is 3. The number of ether oxygens (including phenoxy) is 1. The largest absolute Gasteiger partial charge is 0.465 e. The van der Waals surface area contributed by atoms with Gasteiger partial charge in [0, 0.05) is 16.1 Å². The molecule has 0 amide bonds. The first-order valence-electron chi connectivity index (χ1n) is 10.4. The number of methoxy groups -OCH3 is 1. The molecular formula is C25H20ClN5O2.